The maximum Gasteiger partial charge on any atom is 0.337 e. The van der Waals surface area contributed by atoms with Crippen LogP contribution in [0.25, 0.3) is 0 Å². The Kier molecular flexibility index (Phi) is 4.56. The fraction of sp³-hybridized carbons (Fsp3) is 0.222. The van der Waals surface area contributed by atoms with Crippen LogP contribution in [0.3, 0.4) is 0 Å². The topological polar surface area (TPSA) is 118 Å². The van der Waals surface area contributed by atoms with E-state index in [0.29, 0.717) is 0 Å². The zero-order valence-electron chi connectivity index (χ0n) is 9.62. The average Bonchev–Trinajstić information content (AvgIpc) is 2.23. The highest BCUT2D eigenvalue weighted by Gasteiger charge is 2.20. The zero-order chi connectivity index (χ0) is 14.8. The van der Waals surface area contributed by atoms with Crippen LogP contribution in [0.5, 0.6) is 0 Å². The lowest BCUT2D eigenvalue weighted by molar-refractivity contribution is 0.0692. The molecule has 19 heavy (non-hydrogen) atoms. The minimum atomic E-state index is -4.24. The highest BCUT2D eigenvalue weighted by atomic mass is 35.7. The summed E-state index contributed by atoms with van der Waals surface area (Å²) < 4.78 is 46.5. The summed E-state index contributed by atoms with van der Waals surface area (Å²) in [4.78, 5) is 10.3. The highest BCUT2D eigenvalue weighted by molar-refractivity contribution is 8.13. The summed E-state index contributed by atoms with van der Waals surface area (Å²) >= 11 is 0. The summed E-state index contributed by atoms with van der Waals surface area (Å²) in [6.45, 7) is -0.169. The van der Waals surface area contributed by atoms with Crippen LogP contribution >= 0.6 is 10.7 Å². The fourth-order valence-electron chi connectivity index (χ4n) is 1.27. The summed E-state index contributed by atoms with van der Waals surface area (Å²) in [5, 5.41) is 8.84. The van der Waals surface area contributed by atoms with Crippen LogP contribution in [0.15, 0.2) is 23.1 Å². The third kappa shape index (κ3) is 4.78. The fourth-order valence-corrected chi connectivity index (χ4v) is 2.79. The van der Waals surface area contributed by atoms with E-state index in [9.17, 15) is 21.6 Å². The molecule has 0 saturated carbocycles. The van der Waals surface area contributed by atoms with Crippen molar-refractivity contribution >= 4 is 35.7 Å². The Hall–Kier alpha value is -1.16. The third-order valence-corrected chi connectivity index (χ3v) is 4.11. The number of aromatic carboxylic acids is 1. The molecular weight excluding hydrogens is 318 g/mol. The number of halogens is 1. The van der Waals surface area contributed by atoms with E-state index in [1.54, 1.807) is 0 Å². The maximum absolute atomic E-state index is 11.3. The van der Waals surface area contributed by atoms with Crippen LogP contribution in [0.4, 0.5) is 0 Å². The van der Waals surface area contributed by atoms with E-state index in [1.165, 1.54) is 6.07 Å². The standard InChI is InChI=1S/C9H10ClNO6S2/c1-18(14,15)11-5-6-2-3-7(9(12)13)8(4-6)19(10,16)17/h2-4,11H,5H2,1H3,(H,12,13). The number of nitrogens with one attached hydrogen (secondary N) is 1. The summed E-state index contributed by atoms with van der Waals surface area (Å²) in [6, 6.07) is 3.37. The van der Waals surface area contributed by atoms with Gasteiger partial charge in [0.05, 0.1) is 16.7 Å². The Labute approximate surface area is 114 Å². The van der Waals surface area contributed by atoms with Gasteiger partial charge < -0.3 is 5.11 Å². The molecule has 0 bridgehead atoms. The molecule has 0 fully saturated rings. The molecular formula is C9H10ClNO6S2. The number of hydrogen-bond donors (Lipinski definition) is 2. The molecule has 0 aliphatic heterocycles. The van der Waals surface area contributed by atoms with Crippen molar-refractivity contribution in [1.82, 2.24) is 4.72 Å². The van der Waals surface area contributed by atoms with Gasteiger partial charge in [-0.05, 0) is 17.7 Å². The predicted octanol–water partition coefficient (Wildman–Crippen LogP) is 0.362. The first-order chi connectivity index (χ1) is 8.50. The van der Waals surface area contributed by atoms with E-state index in [4.69, 9.17) is 15.8 Å². The van der Waals surface area contributed by atoms with E-state index >= 15 is 0 Å². The zero-order valence-corrected chi connectivity index (χ0v) is 12.0. The lowest BCUT2D eigenvalue weighted by Crippen LogP contribution is -2.21. The first-order valence-electron chi connectivity index (χ1n) is 4.76. The van der Waals surface area contributed by atoms with E-state index in [0.717, 1.165) is 18.4 Å². The number of carboxylic acid groups (broad SMARTS) is 1. The van der Waals surface area contributed by atoms with Crippen molar-refractivity contribution < 1.29 is 26.7 Å². The first kappa shape index (κ1) is 15.9. The molecule has 10 heteroatoms. The van der Waals surface area contributed by atoms with Gasteiger partial charge in [-0.1, -0.05) is 6.07 Å². The lowest BCUT2D eigenvalue weighted by atomic mass is 10.1. The molecule has 7 nitrogen and oxygen atoms in total. The van der Waals surface area contributed by atoms with Crippen molar-refractivity contribution in [1.29, 1.82) is 0 Å². The summed E-state index contributed by atoms with van der Waals surface area (Å²) in [5.41, 5.74) is -0.201. The largest absolute Gasteiger partial charge is 0.478 e. The van der Waals surface area contributed by atoms with Gasteiger partial charge in [0.25, 0.3) is 9.05 Å². The Morgan fingerprint density at radius 1 is 1.32 bits per heavy atom. The molecule has 1 aromatic rings. The van der Waals surface area contributed by atoms with Gasteiger partial charge in [-0.2, -0.15) is 0 Å². The molecule has 2 N–H and O–H groups in total. The van der Waals surface area contributed by atoms with Gasteiger partial charge in [0.2, 0.25) is 10.0 Å². The molecule has 1 rings (SSSR count). The van der Waals surface area contributed by atoms with Crippen LogP contribution in [-0.2, 0) is 25.6 Å². The Morgan fingerprint density at radius 2 is 1.89 bits per heavy atom. The molecule has 0 spiro atoms. The minimum Gasteiger partial charge on any atom is -0.478 e. The van der Waals surface area contributed by atoms with E-state index in [-0.39, 0.29) is 12.1 Å². The van der Waals surface area contributed by atoms with Gasteiger partial charge >= 0.3 is 5.97 Å². The first-order valence-corrected chi connectivity index (χ1v) is 8.96. The van der Waals surface area contributed by atoms with Crippen LogP contribution in [0.2, 0.25) is 0 Å². The molecule has 0 unspecified atom stereocenters. The SMILES string of the molecule is CS(=O)(=O)NCc1ccc(C(=O)O)c(S(=O)(=O)Cl)c1. The van der Waals surface area contributed by atoms with Crippen molar-refractivity contribution in [2.24, 2.45) is 0 Å². The molecule has 0 amide bonds. The number of rotatable bonds is 5. The summed E-state index contributed by atoms with van der Waals surface area (Å²) in [5.74, 6) is -1.44. The second-order valence-corrected chi connectivity index (χ2v) is 8.03. The molecule has 0 atom stereocenters. The molecule has 0 saturated heterocycles. The van der Waals surface area contributed by atoms with Gasteiger partial charge in [-0.25, -0.2) is 26.4 Å². The van der Waals surface area contributed by atoms with Crippen molar-refractivity contribution in [2.75, 3.05) is 6.26 Å². The molecule has 1 aromatic carbocycles. The number of carboxylic acids is 1. The van der Waals surface area contributed by atoms with Gasteiger partial charge in [-0.3, -0.25) is 0 Å². The molecule has 0 aliphatic rings. The van der Waals surface area contributed by atoms with Crippen LogP contribution in [0, 0.1) is 0 Å². The highest BCUT2D eigenvalue weighted by Crippen LogP contribution is 2.22. The van der Waals surface area contributed by atoms with Crippen molar-refractivity contribution in [3.05, 3.63) is 29.3 Å². The Bertz CT molecular complexity index is 710. The lowest BCUT2D eigenvalue weighted by Gasteiger charge is -2.07. The Balaban J connectivity index is 3.24. The number of benzene rings is 1. The van der Waals surface area contributed by atoms with Crippen LogP contribution in [-0.4, -0.2) is 34.2 Å². The quantitative estimate of drug-likeness (QED) is 0.754. The number of hydrogen-bond acceptors (Lipinski definition) is 5. The molecule has 0 aromatic heterocycles. The molecule has 0 heterocycles. The molecule has 106 valence electrons. The van der Waals surface area contributed by atoms with E-state index in [2.05, 4.69) is 4.72 Å². The van der Waals surface area contributed by atoms with Gasteiger partial charge in [0, 0.05) is 17.2 Å². The van der Waals surface area contributed by atoms with Crippen molar-refractivity contribution in [3.63, 3.8) is 0 Å². The minimum absolute atomic E-state index is 0.169. The number of carbonyl (C=O) groups is 1. The normalized spacial score (nSPS) is 12.3. The van der Waals surface area contributed by atoms with Crippen LogP contribution in [0.1, 0.15) is 15.9 Å². The second-order valence-electron chi connectivity index (χ2n) is 3.67. The monoisotopic (exact) mass is 327 g/mol. The van der Waals surface area contributed by atoms with E-state index in [1.807, 2.05) is 0 Å². The molecule has 0 aliphatic carbocycles. The predicted molar refractivity (Wildman–Crippen MR) is 68.1 cm³/mol. The third-order valence-electron chi connectivity index (χ3n) is 2.08. The number of sulfonamides is 1. The van der Waals surface area contributed by atoms with Gasteiger partial charge in [0.15, 0.2) is 0 Å². The average molecular weight is 328 g/mol. The van der Waals surface area contributed by atoms with Crippen molar-refractivity contribution in [2.45, 2.75) is 11.4 Å². The van der Waals surface area contributed by atoms with Crippen molar-refractivity contribution in [3.8, 4) is 0 Å². The summed E-state index contributed by atoms with van der Waals surface area (Å²) in [7, 11) is -2.55. The summed E-state index contributed by atoms with van der Waals surface area (Å²) in [6.07, 6.45) is 0.942. The Morgan fingerprint density at radius 3 is 2.32 bits per heavy atom. The van der Waals surface area contributed by atoms with E-state index < -0.39 is 35.5 Å². The second kappa shape index (κ2) is 5.45. The molecule has 0 radical (unpaired) electrons. The van der Waals surface area contributed by atoms with Gasteiger partial charge in [0.1, 0.15) is 0 Å². The maximum atomic E-state index is 11.3. The smallest absolute Gasteiger partial charge is 0.337 e. The van der Waals surface area contributed by atoms with Crippen LogP contribution < -0.4 is 4.72 Å². The van der Waals surface area contributed by atoms with Gasteiger partial charge in [-0.15, -0.1) is 0 Å².